The van der Waals surface area contributed by atoms with Crippen LogP contribution >= 0.6 is 11.6 Å². The van der Waals surface area contributed by atoms with Crippen LogP contribution < -0.4 is 0 Å². The van der Waals surface area contributed by atoms with E-state index in [4.69, 9.17) is 16.7 Å². The number of carbonyl (C=O) groups is 1. The average molecular weight is 206 g/mol. The van der Waals surface area contributed by atoms with E-state index in [1.165, 1.54) is 0 Å². The molecule has 1 N–H and O–H groups in total. The zero-order valence-electron chi connectivity index (χ0n) is 8.30. The minimum atomic E-state index is -0.854. The van der Waals surface area contributed by atoms with Gasteiger partial charge in [0, 0.05) is 17.1 Å². The number of aliphatic carboxylic acids is 1. The molecular weight excluding hydrogens is 190 g/mol. The van der Waals surface area contributed by atoms with Crippen molar-refractivity contribution >= 4 is 17.6 Å². The Balaban J connectivity index is 4.37. The third kappa shape index (κ3) is 5.66. The van der Waals surface area contributed by atoms with Crippen molar-refractivity contribution < 1.29 is 9.90 Å². The highest BCUT2D eigenvalue weighted by atomic mass is 35.5. The quantitative estimate of drug-likeness (QED) is 0.763. The van der Waals surface area contributed by atoms with Gasteiger partial charge in [0.1, 0.15) is 0 Å². The van der Waals surface area contributed by atoms with Crippen LogP contribution in [0.5, 0.6) is 0 Å². The van der Waals surface area contributed by atoms with E-state index in [1.807, 2.05) is 20.8 Å². The second kappa shape index (κ2) is 4.63. The average Bonchev–Trinajstić information content (AvgIpc) is 1.81. The van der Waals surface area contributed by atoms with E-state index in [2.05, 4.69) is 6.58 Å². The van der Waals surface area contributed by atoms with Crippen molar-refractivity contribution in [2.24, 2.45) is 0 Å². The molecule has 3 nitrogen and oxygen atoms in total. The molecule has 0 amide bonds. The Hall–Kier alpha value is -0.540. The van der Waals surface area contributed by atoms with Gasteiger partial charge in [0.25, 0.3) is 0 Å². The molecule has 0 saturated heterocycles. The van der Waals surface area contributed by atoms with E-state index in [0.29, 0.717) is 11.6 Å². The maximum absolute atomic E-state index is 10.5. The van der Waals surface area contributed by atoms with Crippen molar-refractivity contribution in [3.63, 3.8) is 0 Å². The van der Waals surface area contributed by atoms with Crippen LogP contribution in [0.4, 0.5) is 0 Å². The molecule has 4 heteroatoms. The van der Waals surface area contributed by atoms with Gasteiger partial charge >= 0.3 is 5.97 Å². The summed E-state index contributed by atoms with van der Waals surface area (Å²) in [6, 6.07) is 0. The Morgan fingerprint density at radius 2 is 1.92 bits per heavy atom. The second-order valence-electron chi connectivity index (χ2n) is 3.94. The van der Waals surface area contributed by atoms with Crippen molar-refractivity contribution in [1.82, 2.24) is 4.90 Å². The van der Waals surface area contributed by atoms with Crippen LogP contribution in [0.3, 0.4) is 0 Å². The lowest BCUT2D eigenvalue weighted by molar-refractivity contribution is -0.139. The van der Waals surface area contributed by atoms with E-state index in [0.717, 1.165) is 0 Å². The molecule has 0 aliphatic rings. The lowest BCUT2D eigenvalue weighted by Crippen LogP contribution is -2.44. The maximum atomic E-state index is 10.5. The summed E-state index contributed by atoms with van der Waals surface area (Å²) >= 11 is 5.63. The van der Waals surface area contributed by atoms with Crippen LogP contribution in [0.15, 0.2) is 11.6 Å². The normalized spacial score (nSPS) is 11.8. The molecule has 0 aromatic carbocycles. The Bertz CT molecular complexity index is 192. The molecule has 0 atom stereocenters. The predicted octanol–water partition coefficient (Wildman–Crippen LogP) is 1.92. The molecule has 0 fully saturated rings. The van der Waals surface area contributed by atoms with Gasteiger partial charge in [-0.3, -0.25) is 9.69 Å². The highest BCUT2D eigenvalue weighted by Crippen LogP contribution is 2.15. The highest BCUT2D eigenvalue weighted by Gasteiger charge is 2.23. The molecule has 0 aliphatic carbocycles. The molecule has 0 aromatic heterocycles. The number of hydrogen-bond acceptors (Lipinski definition) is 2. The van der Waals surface area contributed by atoms with Gasteiger partial charge in [-0.1, -0.05) is 18.2 Å². The van der Waals surface area contributed by atoms with Crippen LogP contribution in [0.25, 0.3) is 0 Å². The maximum Gasteiger partial charge on any atom is 0.317 e. The van der Waals surface area contributed by atoms with Crippen molar-refractivity contribution in [3.05, 3.63) is 11.6 Å². The van der Waals surface area contributed by atoms with E-state index in [1.54, 1.807) is 4.90 Å². The fraction of sp³-hybridized carbons (Fsp3) is 0.667. The van der Waals surface area contributed by atoms with Crippen LogP contribution in [0, 0.1) is 0 Å². The Kier molecular flexibility index (Phi) is 4.44. The summed E-state index contributed by atoms with van der Waals surface area (Å²) in [6.07, 6.45) is 0. The summed E-state index contributed by atoms with van der Waals surface area (Å²) in [5.74, 6) is -0.854. The molecule has 0 radical (unpaired) electrons. The van der Waals surface area contributed by atoms with Crippen LogP contribution in [0.1, 0.15) is 20.8 Å². The lowest BCUT2D eigenvalue weighted by atomic mass is 10.1. The molecule has 0 heterocycles. The third-order valence-corrected chi connectivity index (χ3v) is 1.76. The molecule has 76 valence electrons. The topological polar surface area (TPSA) is 40.5 Å². The van der Waals surface area contributed by atoms with E-state index in [-0.39, 0.29) is 12.1 Å². The Labute approximate surface area is 84.0 Å². The van der Waals surface area contributed by atoms with Gasteiger partial charge < -0.3 is 5.11 Å². The summed E-state index contributed by atoms with van der Waals surface area (Å²) in [7, 11) is 0. The first-order valence-electron chi connectivity index (χ1n) is 4.03. The number of carboxylic acid groups (broad SMARTS) is 1. The van der Waals surface area contributed by atoms with Crippen molar-refractivity contribution in [1.29, 1.82) is 0 Å². The molecular formula is C9H16ClNO2. The lowest BCUT2D eigenvalue weighted by Gasteiger charge is -2.33. The zero-order chi connectivity index (χ0) is 10.6. The summed E-state index contributed by atoms with van der Waals surface area (Å²) in [4.78, 5) is 12.3. The summed E-state index contributed by atoms with van der Waals surface area (Å²) in [5, 5.41) is 9.10. The number of rotatable bonds is 4. The molecule has 0 spiro atoms. The third-order valence-electron chi connectivity index (χ3n) is 1.64. The van der Waals surface area contributed by atoms with Gasteiger partial charge in [0.2, 0.25) is 0 Å². The monoisotopic (exact) mass is 205 g/mol. The molecule has 0 saturated carbocycles. The van der Waals surface area contributed by atoms with E-state index >= 15 is 0 Å². The molecule has 0 bridgehead atoms. The van der Waals surface area contributed by atoms with Gasteiger partial charge in [0.15, 0.2) is 0 Å². The Morgan fingerprint density at radius 3 is 2.15 bits per heavy atom. The predicted molar refractivity (Wildman–Crippen MR) is 54.0 cm³/mol. The van der Waals surface area contributed by atoms with Crippen LogP contribution in [0.2, 0.25) is 0 Å². The molecule has 0 aromatic rings. The first kappa shape index (κ1) is 12.5. The fourth-order valence-electron chi connectivity index (χ4n) is 0.901. The molecule has 13 heavy (non-hydrogen) atoms. The Morgan fingerprint density at radius 1 is 1.46 bits per heavy atom. The van der Waals surface area contributed by atoms with Crippen molar-refractivity contribution in [2.45, 2.75) is 26.3 Å². The van der Waals surface area contributed by atoms with Gasteiger partial charge in [0.05, 0.1) is 6.54 Å². The number of carboxylic acids is 1. The van der Waals surface area contributed by atoms with Gasteiger partial charge in [-0.2, -0.15) is 0 Å². The van der Waals surface area contributed by atoms with Gasteiger partial charge in [-0.15, -0.1) is 0 Å². The van der Waals surface area contributed by atoms with Crippen LogP contribution in [-0.4, -0.2) is 34.6 Å². The zero-order valence-corrected chi connectivity index (χ0v) is 9.06. The fourth-order valence-corrected chi connectivity index (χ4v) is 1.04. The number of hydrogen-bond donors (Lipinski definition) is 1. The van der Waals surface area contributed by atoms with Crippen LogP contribution in [-0.2, 0) is 4.79 Å². The van der Waals surface area contributed by atoms with E-state index < -0.39 is 5.97 Å². The largest absolute Gasteiger partial charge is 0.480 e. The summed E-state index contributed by atoms with van der Waals surface area (Å²) in [5.41, 5.74) is -0.212. The minimum Gasteiger partial charge on any atom is -0.480 e. The second-order valence-corrected chi connectivity index (χ2v) is 4.47. The van der Waals surface area contributed by atoms with E-state index in [9.17, 15) is 4.79 Å². The first-order valence-corrected chi connectivity index (χ1v) is 4.41. The van der Waals surface area contributed by atoms with Gasteiger partial charge in [-0.25, -0.2) is 0 Å². The SMILES string of the molecule is C=C(Cl)CN(CC(=O)O)C(C)(C)C. The van der Waals surface area contributed by atoms with Gasteiger partial charge in [-0.05, 0) is 20.8 Å². The molecule has 0 aliphatic heterocycles. The summed E-state index contributed by atoms with van der Waals surface area (Å²) < 4.78 is 0. The smallest absolute Gasteiger partial charge is 0.317 e. The molecule has 0 unspecified atom stereocenters. The summed E-state index contributed by atoms with van der Waals surface area (Å²) in [6.45, 7) is 9.75. The standard InChI is InChI=1S/C9H16ClNO2/c1-7(10)5-11(6-8(12)13)9(2,3)4/h1,5-6H2,2-4H3,(H,12,13). The highest BCUT2D eigenvalue weighted by molar-refractivity contribution is 6.29. The number of halogens is 1. The minimum absolute atomic E-state index is 0.0186. The van der Waals surface area contributed by atoms with Crippen molar-refractivity contribution in [2.75, 3.05) is 13.1 Å². The van der Waals surface area contributed by atoms with Crippen molar-refractivity contribution in [3.8, 4) is 0 Å². The first-order chi connectivity index (χ1) is 5.73. The number of nitrogens with zero attached hydrogens (tertiary/aromatic N) is 1. The molecule has 0 rings (SSSR count).